The first kappa shape index (κ1) is 19.0. The second-order valence-electron chi connectivity index (χ2n) is 6.63. The number of carbonyl (C=O) groups is 2. The molecule has 0 radical (unpaired) electrons. The van der Waals surface area contributed by atoms with Crippen molar-refractivity contribution in [1.29, 1.82) is 0 Å². The number of nitrogens with zero attached hydrogens (tertiary/aromatic N) is 1. The molecule has 1 aliphatic rings. The molecule has 0 fully saturated rings. The number of likely N-dealkylation sites (N-methyl/N-ethyl adjacent to an activating group) is 1. The molecule has 2 amide bonds. The summed E-state index contributed by atoms with van der Waals surface area (Å²) < 4.78 is 10.7. The fraction of sp³-hybridized carbons (Fsp3) is 0.182. The maximum Gasteiger partial charge on any atom is 0.251 e. The van der Waals surface area contributed by atoms with Crippen LogP contribution in [0.4, 0.5) is 5.69 Å². The third-order valence-electron chi connectivity index (χ3n) is 4.69. The van der Waals surface area contributed by atoms with Crippen LogP contribution in [0, 0.1) is 0 Å². The average Bonchev–Trinajstić information content (AvgIpc) is 3.40. The summed E-state index contributed by atoms with van der Waals surface area (Å²) in [6.07, 6.45) is 0.259. The van der Waals surface area contributed by atoms with Crippen LogP contribution < -0.4 is 14.8 Å². The van der Waals surface area contributed by atoms with E-state index in [1.807, 2.05) is 47.8 Å². The number of ether oxygens (including phenoxy) is 2. The zero-order chi connectivity index (χ0) is 20.2. The molecule has 0 aliphatic carbocycles. The number of anilines is 1. The van der Waals surface area contributed by atoms with Gasteiger partial charge in [-0.15, -0.1) is 11.3 Å². The van der Waals surface area contributed by atoms with Crippen molar-refractivity contribution in [3.63, 3.8) is 0 Å². The van der Waals surface area contributed by atoms with E-state index in [9.17, 15) is 9.59 Å². The Bertz CT molecular complexity index is 1000. The minimum absolute atomic E-state index is 0.123. The predicted octanol–water partition coefficient (Wildman–Crippen LogP) is 3.86. The lowest BCUT2D eigenvalue weighted by Crippen LogP contribution is -2.39. The first-order valence-electron chi connectivity index (χ1n) is 9.15. The van der Waals surface area contributed by atoms with E-state index in [0.717, 1.165) is 10.4 Å². The third-order valence-corrected chi connectivity index (χ3v) is 5.57. The molecular weight excluding hydrogens is 388 g/mol. The van der Waals surface area contributed by atoms with E-state index in [4.69, 9.17) is 9.47 Å². The summed E-state index contributed by atoms with van der Waals surface area (Å²) in [7, 11) is 1.66. The Labute approximate surface area is 172 Å². The molecule has 148 valence electrons. The molecule has 2 heterocycles. The molecule has 0 bridgehead atoms. The van der Waals surface area contributed by atoms with Crippen LogP contribution in [0.3, 0.4) is 0 Å². The van der Waals surface area contributed by atoms with Gasteiger partial charge in [0.2, 0.25) is 12.7 Å². The highest BCUT2D eigenvalue weighted by Gasteiger charge is 2.29. The Morgan fingerprint density at radius 3 is 2.62 bits per heavy atom. The van der Waals surface area contributed by atoms with Crippen molar-refractivity contribution < 1.29 is 19.1 Å². The Balaban J connectivity index is 1.56. The number of nitrogens with one attached hydrogen (secondary N) is 1. The van der Waals surface area contributed by atoms with Gasteiger partial charge < -0.3 is 19.7 Å². The monoisotopic (exact) mass is 408 g/mol. The number of benzene rings is 2. The van der Waals surface area contributed by atoms with Gasteiger partial charge in [-0.2, -0.15) is 0 Å². The molecule has 1 atom stereocenters. The molecule has 29 heavy (non-hydrogen) atoms. The van der Waals surface area contributed by atoms with Gasteiger partial charge in [0.05, 0.1) is 6.42 Å². The Kier molecular flexibility index (Phi) is 5.48. The maximum atomic E-state index is 13.2. The van der Waals surface area contributed by atoms with E-state index in [0.29, 0.717) is 17.2 Å². The molecule has 1 aliphatic heterocycles. The lowest BCUT2D eigenvalue weighted by Gasteiger charge is -2.28. The molecule has 3 aromatic rings. The lowest BCUT2D eigenvalue weighted by atomic mass is 10.0. The highest BCUT2D eigenvalue weighted by molar-refractivity contribution is 7.10. The second kappa shape index (κ2) is 8.36. The number of thiophene rings is 1. The maximum absolute atomic E-state index is 13.2. The van der Waals surface area contributed by atoms with Crippen LogP contribution in [0.25, 0.3) is 0 Å². The van der Waals surface area contributed by atoms with Crippen molar-refractivity contribution in [1.82, 2.24) is 4.90 Å². The van der Waals surface area contributed by atoms with Gasteiger partial charge in [-0.1, -0.05) is 36.4 Å². The highest BCUT2D eigenvalue weighted by atomic mass is 32.1. The minimum Gasteiger partial charge on any atom is -0.454 e. The van der Waals surface area contributed by atoms with Crippen molar-refractivity contribution in [3.05, 3.63) is 76.5 Å². The van der Waals surface area contributed by atoms with E-state index >= 15 is 0 Å². The number of carbonyl (C=O) groups excluding carboxylic acids is 2. The standard InChI is InChI=1S/C22H20N2O4S/c1-24(20(25)13-17-8-5-11-29-17)21(15-6-3-2-4-7-15)22(26)23-16-9-10-18-19(12-16)28-14-27-18/h2-12,21H,13-14H2,1H3,(H,23,26). The van der Waals surface area contributed by atoms with E-state index in [2.05, 4.69) is 5.32 Å². The van der Waals surface area contributed by atoms with Crippen molar-refractivity contribution >= 4 is 28.8 Å². The summed E-state index contributed by atoms with van der Waals surface area (Å²) >= 11 is 1.52. The van der Waals surface area contributed by atoms with Crippen LogP contribution in [0.5, 0.6) is 11.5 Å². The molecule has 0 saturated carbocycles. The summed E-state index contributed by atoms with van der Waals surface area (Å²) in [6.45, 7) is 0.166. The predicted molar refractivity (Wildman–Crippen MR) is 111 cm³/mol. The molecular formula is C22H20N2O4S. The molecule has 7 heteroatoms. The number of fused-ring (bicyclic) bond motifs is 1. The Morgan fingerprint density at radius 2 is 1.86 bits per heavy atom. The first-order valence-corrected chi connectivity index (χ1v) is 10.0. The summed E-state index contributed by atoms with van der Waals surface area (Å²) in [5, 5.41) is 4.83. The Hall–Kier alpha value is -3.32. The quantitative estimate of drug-likeness (QED) is 0.673. The van der Waals surface area contributed by atoms with Crippen molar-refractivity contribution in [2.75, 3.05) is 19.2 Å². The fourth-order valence-corrected chi connectivity index (χ4v) is 3.90. The van der Waals surface area contributed by atoms with Gasteiger partial charge in [0.15, 0.2) is 11.5 Å². The molecule has 0 spiro atoms. The van der Waals surface area contributed by atoms with Crippen molar-refractivity contribution in [3.8, 4) is 11.5 Å². The largest absolute Gasteiger partial charge is 0.454 e. The minimum atomic E-state index is -0.755. The summed E-state index contributed by atoms with van der Waals surface area (Å²) in [5.74, 6) is 0.811. The molecule has 6 nitrogen and oxygen atoms in total. The van der Waals surface area contributed by atoms with E-state index in [1.165, 1.54) is 16.2 Å². The van der Waals surface area contributed by atoms with Crippen molar-refractivity contribution in [2.45, 2.75) is 12.5 Å². The van der Waals surface area contributed by atoms with E-state index < -0.39 is 6.04 Å². The molecule has 2 aromatic carbocycles. The van der Waals surface area contributed by atoms with E-state index in [-0.39, 0.29) is 25.0 Å². The van der Waals surface area contributed by atoms with Gasteiger partial charge in [0.25, 0.3) is 5.91 Å². The van der Waals surface area contributed by atoms with Gasteiger partial charge in [-0.25, -0.2) is 0 Å². The first-order chi connectivity index (χ1) is 14.1. The van der Waals surface area contributed by atoms with Gasteiger partial charge in [-0.3, -0.25) is 9.59 Å². The van der Waals surface area contributed by atoms with Gasteiger partial charge >= 0.3 is 0 Å². The highest BCUT2D eigenvalue weighted by Crippen LogP contribution is 2.34. The lowest BCUT2D eigenvalue weighted by molar-refractivity contribution is -0.136. The van der Waals surface area contributed by atoms with Crippen LogP contribution in [0.1, 0.15) is 16.5 Å². The van der Waals surface area contributed by atoms with Crippen LogP contribution in [0.2, 0.25) is 0 Å². The van der Waals surface area contributed by atoms with Crippen LogP contribution in [0.15, 0.2) is 66.0 Å². The smallest absolute Gasteiger partial charge is 0.251 e. The second-order valence-corrected chi connectivity index (χ2v) is 7.66. The number of hydrogen-bond donors (Lipinski definition) is 1. The Morgan fingerprint density at radius 1 is 1.07 bits per heavy atom. The molecule has 0 saturated heterocycles. The molecule has 4 rings (SSSR count). The summed E-state index contributed by atoms with van der Waals surface area (Å²) in [6, 6.07) is 17.6. The zero-order valence-electron chi connectivity index (χ0n) is 15.8. The number of rotatable bonds is 6. The topological polar surface area (TPSA) is 67.9 Å². The SMILES string of the molecule is CN(C(=O)Cc1cccs1)C(C(=O)Nc1ccc2c(c1)OCO2)c1ccccc1. The van der Waals surface area contributed by atoms with E-state index in [1.54, 1.807) is 25.2 Å². The summed E-state index contributed by atoms with van der Waals surface area (Å²) in [5.41, 5.74) is 1.33. The molecule has 1 N–H and O–H groups in total. The molecule has 1 aromatic heterocycles. The zero-order valence-corrected chi connectivity index (χ0v) is 16.6. The third kappa shape index (κ3) is 4.25. The summed E-state index contributed by atoms with van der Waals surface area (Å²) in [4.78, 5) is 28.5. The number of amides is 2. The number of hydrogen-bond acceptors (Lipinski definition) is 5. The van der Waals surface area contributed by atoms with Gasteiger partial charge in [-0.05, 0) is 29.1 Å². The van der Waals surface area contributed by atoms with Crippen molar-refractivity contribution in [2.24, 2.45) is 0 Å². The average molecular weight is 408 g/mol. The molecule has 1 unspecified atom stereocenters. The van der Waals surface area contributed by atoms with Crippen LogP contribution >= 0.6 is 11.3 Å². The normalized spacial score (nSPS) is 13.0. The van der Waals surface area contributed by atoms with Crippen LogP contribution in [-0.2, 0) is 16.0 Å². The van der Waals surface area contributed by atoms with Crippen LogP contribution in [-0.4, -0.2) is 30.6 Å². The fourth-order valence-electron chi connectivity index (χ4n) is 3.20. The van der Waals surface area contributed by atoms with Gasteiger partial charge in [0.1, 0.15) is 6.04 Å². The van der Waals surface area contributed by atoms with Gasteiger partial charge in [0, 0.05) is 23.7 Å².